The van der Waals surface area contributed by atoms with Gasteiger partial charge in [-0.15, -0.1) is 6.58 Å². The lowest BCUT2D eigenvalue weighted by Gasteiger charge is -2.16. The van der Waals surface area contributed by atoms with Crippen LogP contribution in [-0.2, 0) is 4.79 Å². The highest BCUT2D eigenvalue weighted by atomic mass is 16.5. The van der Waals surface area contributed by atoms with Gasteiger partial charge < -0.3 is 9.64 Å². The number of benzene rings is 1. The number of allylic oxidation sites excluding steroid dienone is 1. The van der Waals surface area contributed by atoms with Crippen LogP contribution in [0.1, 0.15) is 18.4 Å². The summed E-state index contributed by atoms with van der Waals surface area (Å²) in [6.07, 6.45) is 3.64. The second kappa shape index (κ2) is 7.93. The first-order valence-corrected chi connectivity index (χ1v) is 6.15. The SMILES string of the molecule is C=CCCCN(C)C(=O)COc1ccc(C#N)cc1. The van der Waals surface area contributed by atoms with Crippen LogP contribution >= 0.6 is 0 Å². The lowest BCUT2D eigenvalue weighted by molar-refractivity contribution is -0.132. The van der Waals surface area contributed by atoms with E-state index in [2.05, 4.69) is 6.58 Å². The second-order valence-corrected chi connectivity index (χ2v) is 4.17. The van der Waals surface area contributed by atoms with Gasteiger partial charge in [-0.2, -0.15) is 5.26 Å². The number of hydrogen-bond acceptors (Lipinski definition) is 3. The Morgan fingerprint density at radius 3 is 2.74 bits per heavy atom. The first-order chi connectivity index (χ1) is 9.17. The molecule has 0 aliphatic heterocycles. The van der Waals surface area contributed by atoms with Gasteiger partial charge in [0.25, 0.3) is 5.91 Å². The minimum Gasteiger partial charge on any atom is -0.484 e. The zero-order valence-corrected chi connectivity index (χ0v) is 11.1. The van der Waals surface area contributed by atoms with Crippen LogP contribution in [0.5, 0.6) is 5.75 Å². The van der Waals surface area contributed by atoms with Crippen molar-refractivity contribution in [2.45, 2.75) is 12.8 Å². The maximum absolute atomic E-state index is 11.8. The highest BCUT2D eigenvalue weighted by Crippen LogP contribution is 2.11. The van der Waals surface area contributed by atoms with Crippen molar-refractivity contribution in [3.8, 4) is 11.8 Å². The number of ether oxygens (including phenoxy) is 1. The Labute approximate surface area is 113 Å². The van der Waals surface area contributed by atoms with Gasteiger partial charge in [-0.25, -0.2) is 0 Å². The fourth-order valence-electron chi connectivity index (χ4n) is 1.48. The van der Waals surface area contributed by atoms with Crippen LogP contribution in [0, 0.1) is 11.3 Å². The number of rotatable bonds is 7. The average Bonchev–Trinajstić information content (AvgIpc) is 2.45. The van der Waals surface area contributed by atoms with Gasteiger partial charge >= 0.3 is 0 Å². The van der Waals surface area contributed by atoms with Gasteiger partial charge in [0.15, 0.2) is 6.61 Å². The molecule has 1 amide bonds. The Bertz CT molecular complexity index is 460. The number of carbonyl (C=O) groups excluding carboxylic acids is 1. The van der Waals surface area contributed by atoms with Crippen LogP contribution in [0.15, 0.2) is 36.9 Å². The number of unbranched alkanes of at least 4 members (excludes halogenated alkanes) is 1. The van der Waals surface area contributed by atoms with Crippen LogP contribution in [0.2, 0.25) is 0 Å². The van der Waals surface area contributed by atoms with Gasteiger partial charge in [0.2, 0.25) is 0 Å². The van der Waals surface area contributed by atoms with Crippen molar-refractivity contribution in [1.29, 1.82) is 5.26 Å². The molecule has 0 atom stereocenters. The minimum absolute atomic E-state index is 0.0104. The Balaban J connectivity index is 2.36. The average molecular weight is 258 g/mol. The Morgan fingerprint density at radius 1 is 1.47 bits per heavy atom. The minimum atomic E-state index is -0.0616. The van der Waals surface area contributed by atoms with Gasteiger partial charge in [-0.1, -0.05) is 6.08 Å². The summed E-state index contributed by atoms with van der Waals surface area (Å²) < 4.78 is 5.37. The van der Waals surface area contributed by atoms with Crippen LogP contribution in [0.25, 0.3) is 0 Å². The van der Waals surface area contributed by atoms with Crippen LogP contribution in [-0.4, -0.2) is 31.0 Å². The van der Waals surface area contributed by atoms with Crippen molar-refractivity contribution >= 4 is 5.91 Å². The number of carbonyl (C=O) groups is 1. The quantitative estimate of drug-likeness (QED) is 0.557. The Morgan fingerprint density at radius 2 is 2.16 bits per heavy atom. The fourth-order valence-corrected chi connectivity index (χ4v) is 1.48. The van der Waals surface area contributed by atoms with E-state index in [1.165, 1.54) is 0 Å². The maximum atomic E-state index is 11.8. The first kappa shape index (κ1) is 14.8. The summed E-state index contributed by atoms with van der Waals surface area (Å²) in [5, 5.41) is 8.66. The third-order valence-corrected chi connectivity index (χ3v) is 2.67. The van der Waals surface area contributed by atoms with Gasteiger partial charge in [0, 0.05) is 13.6 Å². The van der Waals surface area contributed by atoms with Crippen LogP contribution in [0.3, 0.4) is 0 Å². The molecule has 1 rings (SSSR count). The number of nitriles is 1. The number of likely N-dealkylation sites (N-methyl/N-ethyl adjacent to an activating group) is 1. The zero-order valence-electron chi connectivity index (χ0n) is 11.1. The van der Waals surface area contributed by atoms with E-state index in [0.29, 0.717) is 17.9 Å². The molecule has 1 aromatic carbocycles. The van der Waals surface area contributed by atoms with Crippen molar-refractivity contribution in [2.24, 2.45) is 0 Å². The number of hydrogen-bond donors (Lipinski definition) is 0. The van der Waals surface area contributed by atoms with Crippen molar-refractivity contribution in [3.05, 3.63) is 42.5 Å². The van der Waals surface area contributed by atoms with E-state index in [-0.39, 0.29) is 12.5 Å². The molecule has 19 heavy (non-hydrogen) atoms. The van der Waals surface area contributed by atoms with E-state index in [4.69, 9.17) is 10.00 Å². The molecule has 0 saturated carbocycles. The molecule has 0 aromatic heterocycles. The Kier molecular flexibility index (Phi) is 6.17. The zero-order chi connectivity index (χ0) is 14.1. The third-order valence-electron chi connectivity index (χ3n) is 2.67. The molecule has 0 heterocycles. The Hall–Kier alpha value is -2.28. The molecule has 100 valence electrons. The molecule has 0 radical (unpaired) electrons. The fraction of sp³-hybridized carbons (Fsp3) is 0.333. The predicted octanol–water partition coefficient (Wildman–Crippen LogP) is 2.36. The lowest BCUT2D eigenvalue weighted by Crippen LogP contribution is -2.32. The van der Waals surface area contributed by atoms with Crippen molar-refractivity contribution < 1.29 is 9.53 Å². The maximum Gasteiger partial charge on any atom is 0.260 e. The highest BCUT2D eigenvalue weighted by Gasteiger charge is 2.08. The topological polar surface area (TPSA) is 53.3 Å². The molecule has 0 aliphatic rings. The van der Waals surface area contributed by atoms with Crippen LogP contribution in [0.4, 0.5) is 0 Å². The largest absolute Gasteiger partial charge is 0.484 e. The van der Waals surface area contributed by atoms with E-state index in [1.54, 1.807) is 36.2 Å². The van der Waals surface area contributed by atoms with E-state index >= 15 is 0 Å². The standard InChI is InChI=1S/C15H18N2O2/c1-3-4-5-10-17(2)15(18)12-19-14-8-6-13(11-16)7-9-14/h3,6-9H,1,4-5,10,12H2,2H3. The monoisotopic (exact) mass is 258 g/mol. The molecule has 0 spiro atoms. The summed E-state index contributed by atoms with van der Waals surface area (Å²) in [7, 11) is 1.76. The lowest BCUT2D eigenvalue weighted by atomic mass is 10.2. The van der Waals surface area contributed by atoms with E-state index in [9.17, 15) is 4.79 Å². The molecule has 1 aromatic rings. The number of nitrogens with zero attached hydrogens (tertiary/aromatic N) is 2. The third kappa shape index (κ3) is 5.26. The molecule has 4 heteroatoms. The summed E-state index contributed by atoms with van der Waals surface area (Å²) in [6, 6.07) is 8.72. The van der Waals surface area contributed by atoms with Crippen molar-refractivity contribution in [2.75, 3.05) is 20.2 Å². The van der Waals surface area contributed by atoms with Gasteiger partial charge in [0.1, 0.15) is 5.75 Å². The molecule has 4 nitrogen and oxygen atoms in total. The first-order valence-electron chi connectivity index (χ1n) is 6.15. The molecule has 0 bridgehead atoms. The van der Waals surface area contributed by atoms with Gasteiger partial charge in [-0.05, 0) is 37.1 Å². The summed E-state index contributed by atoms with van der Waals surface area (Å²) in [4.78, 5) is 13.4. The highest BCUT2D eigenvalue weighted by molar-refractivity contribution is 5.77. The summed E-state index contributed by atoms with van der Waals surface area (Å²) >= 11 is 0. The van der Waals surface area contributed by atoms with Gasteiger partial charge in [0.05, 0.1) is 11.6 Å². The summed E-state index contributed by atoms with van der Waals surface area (Å²) in [5.41, 5.74) is 0.570. The van der Waals surface area contributed by atoms with Crippen LogP contribution < -0.4 is 4.74 Å². The van der Waals surface area contributed by atoms with E-state index in [1.807, 2.05) is 12.1 Å². The van der Waals surface area contributed by atoms with E-state index < -0.39 is 0 Å². The van der Waals surface area contributed by atoms with Gasteiger partial charge in [-0.3, -0.25) is 4.79 Å². The van der Waals surface area contributed by atoms with E-state index in [0.717, 1.165) is 12.8 Å². The molecular formula is C15H18N2O2. The molecule has 0 N–H and O–H groups in total. The van der Waals surface area contributed by atoms with Crippen molar-refractivity contribution in [1.82, 2.24) is 4.90 Å². The normalized spacial score (nSPS) is 9.47. The number of amides is 1. The predicted molar refractivity (Wildman–Crippen MR) is 73.7 cm³/mol. The summed E-state index contributed by atoms with van der Waals surface area (Å²) in [6.45, 7) is 4.35. The second-order valence-electron chi connectivity index (χ2n) is 4.17. The molecule has 0 saturated heterocycles. The summed E-state index contributed by atoms with van der Waals surface area (Å²) in [5.74, 6) is 0.528. The molecular weight excluding hydrogens is 240 g/mol. The molecule has 0 aliphatic carbocycles. The molecule has 0 fully saturated rings. The van der Waals surface area contributed by atoms with Crippen molar-refractivity contribution in [3.63, 3.8) is 0 Å². The smallest absolute Gasteiger partial charge is 0.260 e. The molecule has 0 unspecified atom stereocenters.